The number of hydrogen-bond acceptors (Lipinski definition) is 4. The molecular formula is C21H35N3O. The molecule has 2 aliphatic rings. The molecule has 0 bridgehead atoms. The van der Waals surface area contributed by atoms with Gasteiger partial charge in [-0.25, -0.2) is 0 Å². The largest absolute Gasteiger partial charge is 0.378 e. The molecule has 1 aromatic carbocycles. The lowest BCUT2D eigenvalue weighted by Gasteiger charge is -2.45. The molecule has 0 aromatic heterocycles. The third-order valence-electron chi connectivity index (χ3n) is 6.02. The van der Waals surface area contributed by atoms with Gasteiger partial charge in [0.05, 0.1) is 18.8 Å². The Labute approximate surface area is 153 Å². The zero-order valence-corrected chi connectivity index (χ0v) is 16.3. The molecule has 25 heavy (non-hydrogen) atoms. The van der Waals surface area contributed by atoms with Gasteiger partial charge in [-0.2, -0.15) is 0 Å². The minimum Gasteiger partial charge on any atom is -0.378 e. The summed E-state index contributed by atoms with van der Waals surface area (Å²) in [5, 5.41) is 0. The molecule has 2 heterocycles. The smallest absolute Gasteiger partial charge is 0.0690 e. The van der Waals surface area contributed by atoms with Crippen LogP contribution in [0.5, 0.6) is 0 Å². The normalized spacial score (nSPS) is 27.0. The van der Waals surface area contributed by atoms with Crippen molar-refractivity contribution in [2.45, 2.75) is 38.8 Å². The molecule has 4 nitrogen and oxygen atoms in total. The lowest BCUT2D eigenvalue weighted by molar-refractivity contribution is -0.0650. The Hall–Kier alpha value is -0.940. The molecule has 140 valence electrons. The first kappa shape index (κ1) is 18.8. The van der Waals surface area contributed by atoms with Crippen molar-refractivity contribution in [2.24, 2.45) is 0 Å². The highest BCUT2D eigenvalue weighted by Crippen LogP contribution is 2.31. The van der Waals surface area contributed by atoms with E-state index >= 15 is 0 Å². The summed E-state index contributed by atoms with van der Waals surface area (Å²) in [6.45, 7) is 16.9. The van der Waals surface area contributed by atoms with Crippen LogP contribution >= 0.6 is 0 Å². The zero-order valence-electron chi connectivity index (χ0n) is 16.3. The molecule has 0 amide bonds. The first-order chi connectivity index (χ1) is 12.1. The van der Waals surface area contributed by atoms with E-state index in [0.717, 1.165) is 26.3 Å². The summed E-state index contributed by atoms with van der Waals surface area (Å²) in [6.07, 6.45) is 1.24. The Kier molecular flexibility index (Phi) is 6.50. The number of morpholine rings is 1. The highest BCUT2D eigenvalue weighted by Gasteiger charge is 2.36. The number of ether oxygens (including phenoxy) is 1. The molecule has 2 saturated heterocycles. The maximum atomic E-state index is 5.84. The molecule has 3 rings (SSSR count). The van der Waals surface area contributed by atoms with Crippen LogP contribution in [0.1, 0.15) is 32.8 Å². The summed E-state index contributed by atoms with van der Waals surface area (Å²) in [5.41, 5.74) is 1.39. The Morgan fingerprint density at radius 2 is 1.72 bits per heavy atom. The van der Waals surface area contributed by atoms with Crippen molar-refractivity contribution in [3.05, 3.63) is 35.9 Å². The third kappa shape index (κ3) is 4.62. The van der Waals surface area contributed by atoms with Crippen LogP contribution in [0.2, 0.25) is 0 Å². The van der Waals surface area contributed by atoms with Crippen LogP contribution in [0, 0.1) is 0 Å². The summed E-state index contributed by atoms with van der Waals surface area (Å²) in [6, 6.07) is 11.5. The number of hydrogen-bond donors (Lipinski definition) is 0. The Morgan fingerprint density at radius 1 is 1.00 bits per heavy atom. The van der Waals surface area contributed by atoms with Crippen molar-refractivity contribution in [3.63, 3.8) is 0 Å². The van der Waals surface area contributed by atoms with Crippen LogP contribution in [0.4, 0.5) is 0 Å². The van der Waals surface area contributed by atoms with E-state index < -0.39 is 0 Å². The van der Waals surface area contributed by atoms with E-state index in [1.807, 2.05) is 0 Å². The molecule has 0 N–H and O–H groups in total. The van der Waals surface area contributed by atoms with Crippen molar-refractivity contribution < 1.29 is 4.74 Å². The van der Waals surface area contributed by atoms with Crippen LogP contribution in [0.3, 0.4) is 0 Å². The second kappa shape index (κ2) is 8.63. The number of nitrogens with zero attached hydrogens (tertiary/aromatic N) is 3. The van der Waals surface area contributed by atoms with Crippen molar-refractivity contribution in [1.29, 1.82) is 0 Å². The Morgan fingerprint density at radius 3 is 2.40 bits per heavy atom. The first-order valence-electron chi connectivity index (χ1n) is 9.94. The molecule has 1 aromatic rings. The van der Waals surface area contributed by atoms with Gasteiger partial charge in [0.2, 0.25) is 0 Å². The van der Waals surface area contributed by atoms with E-state index in [1.54, 1.807) is 0 Å². The minimum absolute atomic E-state index is 0.00977. The SMILES string of the molecule is CC(C)N1CCN(CCCN2CCOC[C@@]2(C)c2ccccc2)CC1. The lowest BCUT2D eigenvalue weighted by atomic mass is 9.89. The van der Waals surface area contributed by atoms with Gasteiger partial charge in [-0.3, -0.25) is 9.80 Å². The Balaban J connectivity index is 1.50. The van der Waals surface area contributed by atoms with Crippen LogP contribution in [-0.4, -0.2) is 79.8 Å². The fraction of sp³-hybridized carbons (Fsp3) is 0.714. The molecule has 0 saturated carbocycles. The molecule has 1 atom stereocenters. The number of benzene rings is 1. The van der Waals surface area contributed by atoms with Gasteiger partial charge in [0.1, 0.15) is 0 Å². The third-order valence-corrected chi connectivity index (χ3v) is 6.02. The molecule has 0 unspecified atom stereocenters. The molecular weight excluding hydrogens is 310 g/mol. The van der Waals surface area contributed by atoms with Gasteiger partial charge in [-0.05, 0) is 39.3 Å². The monoisotopic (exact) mass is 345 g/mol. The standard InChI is InChI=1S/C21H35N3O/c1-19(2)23-14-12-22(13-15-23)10-7-11-24-16-17-25-18-21(24,3)20-8-5-4-6-9-20/h4-6,8-9,19H,7,10-18H2,1-3H3/t21-/m0/s1. The summed E-state index contributed by atoms with van der Waals surface area (Å²) >= 11 is 0. The zero-order chi connectivity index (χ0) is 17.7. The Bertz CT molecular complexity index is 513. The van der Waals surface area contributed by atoms with Crippen molar-refractivity contribution in [1.82, 2.24) is 14.7 Å². The fourth-order valence-electron chi connectivity index (χ4n) is 4.19. The minimum atomic E-state index is 0.00977. The summed E-state index contributed by atoms with van der Waals surface area (Å²) in [4.78, 5) is 7.86. The van der Waals surface area contributed by atoms with E-state index in [2.05, 4.69) is 65.8 Å². The van der Waals surface area contributed by atoms with Crippen LogP contribution in [0.25, 0.3) is 0 Å². The maximum Gasteiger partial charge on any atom is 0.0690 e. The van der Waals surface area contributed by atoms with Crippen molar-refractivity contribution in [3.8, 4) is 0 Å². The van der Waals surface area contributed by atoms with E-state index in [0.29, 0.717) is 6.04 Å². The second-order valence-electron chi connectivity index (χ2n) is 8.00. The van der Waals surface area contributed by atoms with Gasteiger partial charge in [0, 0.05) is 45.3 Å². The molecule has 2 fully saturated rings. The molecule has 2 aliphatic heterocycles. The molecule has 0 radical (unpaired) electrons. The van der Waals surface area contributed by atoms with E-state index in [4.69, 9.17) is 4.74 Å². The predicted molar refractivity (Wildman–Crippen MR) is 104 cm³/mol. The van der Waals surface area contributed by atoms with Crippen molar-refractivity contribution in [2.75, 3.05) is 59.0 Å². The van der Waals surface area contributed by atoms with Gasteiger partial charge in [0.15, 0.2) is 0 Å². The van der Waals surface area contributed by atoms with Crippen LogP contribution in [-0.2, 0) is 10.3 Å². The predicted octanol–water partition coefficient (Wildman–Crippen LogP) is 2.65. The summed E-state index contributed by atoms with van der Waals surface area (Å²) < 4.78 is 5.84. The average Bonchev–Trinajstić information content (AvgIpc) is 2.64. The fourth-order valence-corrected chi connectivity index (χ4v) is 4.19. The van der Waals surface area contributed by atoms with Gasteiger partial charge >= 0.3 is 0 Å². The number of rotatable bonds is 6. The van der Waals surface area contributed by atoms with Gasteiger partial charge < -0.3 is 9.64 Å². The van der Waals surface area contributed by atoms with Gasteiger partial charge in [-0.1, -0.05) is 30.3 Å². The lowest BCUT2D eigenvalue weighted by Crippen LogP contribution is -2.53. The summed E-state index contributed by atoms with van der Waals surface area (Å²) in [5.74, 6) is 0. The van der Waals surface area contributed by atoms with E-state index in [1.165, 1.54) is 44.7 Å². The molecule has 0 aliphatic carbocycles. The van der Waals surface area contributed by atoms with Crippen LogP contribution < -0.4 is 0 Å². The molecule has 0 spiro atoms. The van der Waals surface area contributed by atoms with Gasteiger partial charge in [0.25, 0.3) is 0 Å². The van der Waals surface area contributed by atoms with E-state index in [-0.39, 0.29) is 5.54 Å². The van der Waals surface area contributed by atoms with E-state index in [9.17, 15) is 0 Å². The molecule has 4 heteroatoms. The average molecular weight is 346 g/mol. The highest BCUT2D eigenvalue weighted by molar-refractivity contribution is 5.24. The van der Waals surface area contributed by atoms with Crippen molar-refractivity contribution >= 4 is 0 Å². The second-order valence-corrected chi connectivity index (χ2v) is 8.00. The maximum absolute atomic E-state index is 5.84. The quantitative estimate of drug-likeness (QED) is 0.789. The number of piperazine rings is 1. The van der Waals surface area contributed by atoms with Crippen LogP contribution in [0.15, 0.2) is 30.3 Å². The first-order valence-corrected chi connectivity index (χ1v) is 9.94. The summed E-state index contributed by atoms with van der Waals surface area (Å²) in [7, 11) is 0. The highest BCUT2D eigenvalue weighted by atomic mass is 16.5. The topological polar surface area (TPSA) is 19.0 Å². The van der Waals surface area contributed by atoms with Gasteiger partial charge in [-0.15, -0.1) is 0 Å².